The van der Waals surface area contributed by atoms with Gasteiger partial charge >= 0.3 is 0 Å². The number of hydrogen-bond acceptors (Lipinski definition) is 3. The minimum absolute atomic E-state index is 0.273. The van der Waals surface area contributed by atoms with Crippen LogP contribution in [0.15, 0.2) is 60.9 Å². The molecule has 3 aromatic rings. The van der Waals surface area contributed by atoms with Crippen molar-refractivity contribution >= 4 is 5.91 Å². The highest BCUT2D eigenvalue weighted by Crippen LogP contribution is 2.24. The maximum atomic E-state index is 11.3. The number of para-hydroxylation sites is 1. The maximum absolute atomic E-state index is 11.3. The summed E-state index contributed by atoms with van der Waals surface area (Å²) in [6.45, 7) is 1.80. The molecule has 1 amide bonds. The summed E-state index contributed by atoms with van der Waals surface area (Å²) in [6.07, 6.45) is 1.58. The van der Waals surface area contributed by atoms with Crippen LogP contribution in [0, 0.1) is 6.92 Å². The maximum Gasteiger partial charge on any atom is 0.269 e. The van der Waals surface area contributed by atoms with E-state index in [1.165, 1.54) is 0 Å². The topological polar surface area (TPSA) is 70.1 Å². The Kier molecular flexibility index (Phi) is 3.62. The van der Waals surface area contributed by atoms with Crippen LogP contribution in [-0.2, 0) is 0 Å². The van der Waals surface area contributed by atoms with Gasteiger partial charge in [-0.3, -0.25) is 4.79 Å². The summed E-state index contributed by atoms with van der Waals surface area (Å²) in [5.74, 6) is 0.935. The number of nitrogens with two attached hydrogens (primary N) is 1. The van der Waals surface area contributed by atoms with E-state index in [-0.39, 0.29) is 5.69 Å². The molecule has 0 saturated carbocycles. The number of benzene rings is 2. The first-order chi connectivity index (χ1) is 10.6. The van der Waals surface area contributed by atoms with Gasteiger partial charge in [-0.2, -0.15) is 0 Å². The highest BCUT2D eigenvalue weighted by molar-refractivity contribution is 5.92. The van der Waals surface area contributed by atoms with E-state index in [2.05, 4.69) is 4.98 Å². The average Bonchev–Trinajstić information content (AvgIpc) is 2.90. The van der Waals surface area contributed by atoms with Gasteiger partial charge in [0.2, 0.25) is 0 Å². The van der Waals surface area contributed by atoms with Crippen molar-refractivity contribution in [3.8, 4) is 17.2 Å². The Morgan fingerprint density at radius 2 is 1.82 bits per heavy atom. The van der Waals surface area contributed by atoms with Crippen LogP contribution in [0.5, 0.6) is 11.5 Å². The Labute approximate surface area is 128 Å². The molecule has 22 heavy (non-hydrogen) atoms. The molecule has 0 aliphatic heterocycles. The first-order valence-corrected chi connectivity index (χ1v) is 6.82. The first kappa shape index (κ1) is 13.9. The molecule has 0 bridgehead atoms. The van der Waals surface area contributed by atoms with E-state index >= 15 is 0 Å². The fraction of sp³-hybridized carbons (Fsp3) is 0.0588. The zero-order valence-electron chi connectivity index (χ0n) is 12.1. The third-order valence-corrected chi connectivity index (χ3v) is 3.31. The number of primary amides is 1. The Hall–Kier alpha value is -3.08. The van der Waals surface area contributed by atoms with Crippen molar-refractivity contribution < 1.29 is 9.53 Å². The van der Waals surface area contributed by atoms with Gasteiger partial charge in [-0.1, -0.05) is 24.3 Å². The fourth-order valence-electron chi connectivity index (χ4n) is 2.23. The first-order valence-electron chi connectivity index (χ1n) is 6.82. The van der Waals surface area contributed by atoms with Crippen LogP contribution in [0.25, 0.3) is 5.69 Å². The molecule has 0 atom stereocenters. The number of hydrogen-bond donors (Lipinski definition) is 1. The van der Waals surface area contributed by atoms with Crippen LogP contribution < -0.4 is 10.5 Å². The Morgan fingerprint density at radius 3 is 2.50 bits per heavy atom. The largest absolute Gasteiger partial charge is 0.457 e. The molecule has 0 radical (unpaired) electrons. The van der Waals surface area contributed by atoms with E-state index in [0.29, 0.717) is 11.4 Å². The monoisotopic (exact) mass is 293 g/mol. The van der Waals surface area contributed by atoms with Crippen LogP contribution in [-0.4, -0.2) is 15.5 Å². The molecule has 110 valence electrons. The number of carbonyl (C=O) groups excluding carboxylic acids is 1. The van der Waals surface area contributed by atoms with E-state index < -0.39 is 5.91 Å². The van der Waals surface area contributed by atoms with Gasteiger partial charge in [0.15, 0.2) is 0 Å². The molecule has 5 heteroatoms. The Morgan fingerprint density at radius 1 is 1.09 bits per heavy atom. The third kappa shape index (κ3) is 2.69. The molecule has 0 aliphatic rings. The second-order valence-electron chi connectivity index (χ2n) is 4.83. The molecule has 1 heterocycles. The van der Waals surface area contributed by atoms with Gasteiger partial charge < -0.3 is 15.0 Å². The SMILES string of the molecule is Cc1c(C(N)=O)ncn1-c1cccc(Oc2ccccc2)c1. The summed E-state index contributed by atoms with van der Waals surface area (Å²) in [5, 5.41) is 0. The average molecular weight is 293 g/mol. The van der Waals surface area contributed by atoms with E-state index in [4.69, 9.17) is 10.5 Å². The van der Waals surface area contributed by atoms with E-state index in [1.54, 1.807) is 17.8 Å². The molecule has 2 N–H and O–H groups in total. The van der Waals surface area contributed by atoms with Crippen LogP contribution in [0.1, 0.15) is 16.2 Å². The van der Waals surface area contributed by atoms with Gasteiger partial charge in [-0.05, 0) is 31.2 Å². The van der Waals surface area contributed by atoms with Crippen LogP contribution >= 0.6 is 0 Å². The number of imidazole rings is 1. The number of carbonyl (C=O) groups is 1. The predicted molar refractivity (Wildman–Crippen MR) is 83.3 cm³/mol. The lowest BCUT2D eigenvalue weighted by Gasteiger charge is -2.09. The van der Waals surface area contributed by atoms with Gasteiger partial charge in [0.05, 0.1) is 11.4 Å². The lowest BCUT2D eigenvalue weighted by atomic mass is 10.2. The molecule has 0 spiro atoms. The predicted octanol–water partition coefficient (Wildman–Crippen LogP) is 3.07. The number of rotatable bonds is 4. The number of aromatic nitrogens is 2. The highest BCUT2D eigenvalue weighted by Gasteiger charge is 2.12. The van der Waals surface area contributed by atoms with Crippen LogP contribution in [0.4, 0.5) is 0 Å². The summed E-state index contributed by atoms with van der Waals surface area (Å²) >= 11 is 0. The van der Waals surface area contributed by atoms with Crippen molar-refractivity contribution in [1.29, 1.82) is 0 Å². The fourth-order valence-corrected chi connectivity index (χ4v) is 2.23. The van der Waals surface area contributed by atoms with Gasteiger partial charge in [0, 0.05) is 6.07 Å². The van der Waals surface area contributed by atoms with Crippen molar-refractivity contribution in [3.05, 3.63) is 72.3 Å². The quantitative estimate of drug-likeness (QED) is 0.803. The van der Waals surface area contributed by atoms with Gasteiger partial charge in [-0.25, -0.2) is 4.98 Å². The standard InChI is InChI=1S/C17H15N3O2/c1-12-16(17(18)21)19-11-20(12)13-6-5-9-15(10-13)22-14-7-3-2-4-8-14/h2-11H,1H3,(H2,18,21). The lowest BCUT2D eigenvalue weighted by Crippen LogP contribution is -2.13. The molecule has 3 rings (SSSR count). The summed E-state index contributed by atoms with van der Waals surface area (Å²) in [7, 11) is 0. The number of nitrogens with zero attached hydrogens (tertiary/aromatic N) is 2. The Bertz CT molecular complexity index is 810. The minimum atomic E-state index is -0.534. The highest BCUT2D eigenvalue weighted by atomic mass is 16.5. The molecule has 0 unspecified atom stereocenters. The molecule has 0 fully saturated rings. The normalized spacial score (nSPS) is 10.4. The van der Waals surface area contributed by atoms with Crippen LogP contribution in [0.2, 0.25) is 0 Å². The van der Waals surface area contributed by atoms with Crippen molar-refractivity contribution in [1.82, 2.24) is 9.55 Å². The second-order valence-corrected chi connectivity index (χ2v) is 4.83. The summed E-state index contributed by atoms with van der Waals surface area (Å²) in [4.78, 5) is 15.3. The van der Waals surface area contributed by atoms with Gasteiger partial charge in [0.25, 0.3) is 5.91 Å². The van der Waals surface area contributed by atoms with Gasteiger partial charge in [0.1, 0.15) is 23.5 Å². The smallest absolute Gasteiger partial charge is 0.269 e. The summed E-state index contributed by atoms with van der Waals surface area (Å²) < 4.78 is 7.61. The molecule has 1 aromatic heterocycles. The molecular weight excluding hydrogens is 278 g/mol. The summed E-state index contributed by atoms with van der Waals surface area (Å²) in [6, 6.07) is 17.1. The van der Waals surface area contributed by atoms with Crippen molar-refractivity contribution in [2.24, 2.45) is 5.73 Å². The molecular formula is C17H15N3O2. The van der Waals surface area contributed by atoms with E-state index in [1.807, 2.05) is 54.6 Å². The van der Waals surface area contributed by atoms with Crippen LogP contribution in [0.3, 0.4) is 0 Å². The minimum Gasteiger partial charge on any atom is -0.457 e. The lowest BCUT2D eigenvalue weighted by molar-refractivity contribution is 0.0995. The zero-order chi connectivity index (χ0) is 15.5. The Balaban J connectivity index is 1.93. The number of ether oxygens (including phenoxy) is 1. The third-order valence-electron chi connectivity index (χ3n) is 3.31. The molecule has 0 saturated heterocycles. The molecule has 0 aliphatic carbocycles. The molecule has 2 aromatic carbocycles. The van der Waals surface area contributed by atoms with E-state index in [9.17, 15) is 4.79 Å². The van der Waals surface area contributed by atoms with E-state index in [0.717, 1.165) is 11.4 Å². The zero-order valence-corrected chi connectivity index (χ0v) is 12.1. The van der Waals surface area contributed by atoms with Crippen molar-refractivity contribution in [2.45, 2.75) is 6.92 Å². The molecule has 5 nitrogen and oxygen atoms in total. The second kappa shape index (κ2) is 5.73. The summed E-state index contributed by atoms with van der Waals surface area (Å²) in [5.41, 5.74) is 7.12. The van der Waals surface area contributed by atoms with Crippen molar-refractivity contribution in [2.75, 3.05) is 0 Å². The number of amides is 1. The van der Waals surface area contributed by atoms with Crippen molar-refractivity contribution in [3.63, 3.8) is 0 Å². The van der Waals surface area contributed by atoms with Gasteiger partial charge in [-0.15, -0.1) is 0 Å².